The number of aromatic amines is 1. The molecule has 3 unspecified atom stereocenters. The second-order valence-electron chi connectivity index (χ2n) is 10.7. The summed E-state index contributed by atoms with van der Waals surface area (Å²) in [5.74, 6) is 3.99. The van der Waals surface area contributed by atoms with Crippen molar-refractivity contribution in [3.8, 4) is 0 Å². The minimum Gasteiger partial charge on any atom is -0.347 e. The molecule has 0 fully saturated rings. The van der Waals surface area contributed by atoms with Gasteiger partial charge in [-0.25, -0.2) is 15.0 Å². The predicted octanol–water partition coefficient (Wildman–Crippen LogP) is 5.68. The normalized spacial score (nSPS) is 23.7. The second-order valence-corrected chi connectivity index (χ2v) is 10.7. The van der Waals surface area contributed by atoms with Crippen molar-refractivity contribution in [3.63, 3.8) is 0 Å². The number of nitrogens with zero attached hydrogens (tertiary/aromatic N) is 3. The van der Waals surface area contributed by atoms with Crippen molar-refractivity contribution in [1.29, 1.82) is 0 Å². The molecule has 4 aliphatic rings. The first-order valence-corrected chi connectivity index (χ1v) is 13.7. The zero-order chi connectivity index (χ0) is 27.7. The molecule has 4 aliphatic heterocycles. The minimum atomic E-state index is -0.744. The van der Waals surface area contributed by atoms with Crippen LogP contribution in [0, 0.1) is 0 Å². The van der Waals surface area contributed by atoms with Crippen molar-refractivity contribution in [2.24, 2.45) is 15.0 Å². The molecule has 8 rings (SSSR count). The van der Waals surface area contributed by atoms with Gasteiger partial charge in [-0.2, -0.15) is 0 Å². The van der Waals surface area contributed by atoms with E-state index in [0.717, 1.165) is 73.3 Å². The van der Waals surface area contributed by atoms with Gasteiger partial charge in [0.2, 0.25) is 0 Å². The number of nitrogens with one attached hydrogen (secondary N) is 5. The fraction of sp³-hybridized carbons (Fsp3) is 0.121. The van der Waals surface area contributed by atoms with Gasteiger partial charge in [0.1, 0.15) is 35.3 Å². The van der Waals surface area contributed by atoms with Gasteiger partial charge in [0.05, 0.1) is 0 Å². The van der Waals surface area contributed by atoms with Crippen LogP contribution in [0.4, 0.5) is 11.6 Å². The van der Waals surface area contributed by atoms with E-state index in [4.69, 9.17) is 15.0 Å². The first-order chi connectivity index (χ1) is 20.1. The van der Waals surface area contributed by atoms with Crippen molar-refractivity contribution in [2.45, 2.75) is 24.9 Å². The van der Waals surface area contributed by atoms with Crippen LogP contribution in [-0.4, -0.2) is 28.7 Å². The highest BCUT2D eigenvalue weighted by Gasteiger charge is 2.39. The Morgan fingerprint density at radius 1 is 0.756 bits per heavy atom. The number of amidine groups is 3. The third kappa shape index (κ3) is 3.43. The summed E-state index contributed by atoms with van der Waals surface area (Å²) in [5.41, 5.74) is 5.28. The summed E-state index contributed by atoms with van der Waals surface area (Å²) in [4.78, 5) is 19.0. The molecule has 1 aromatic heterocycles. The molecule has 41 heavy (non-hydrogen) atoms. The summed E-state index contributed by atoms with van der Waals surface area (Å²) in [6.45, 7) is 10.3. The quantitative estimate of drug-likeness (QED) is 0.227. The number of aliphatic imine (C=N–C) groups is 3. The number of rotatable bonds is 2. The minimum absolute atomic E-state index is 0.270. The average Bonchev–Trinajstić information content (AvgIpc) is 3.70. The van der Waals surface area contributed by atoms with Gasteiger partial charge in [-0.1, -0.05) is 98.1 Å². The van der Waals surface area contributed by atoms with E-state index in [0.29, 0.717) is 0 Å². The molecule has 4 aromatic rings. The van der Waals surface area contributed by atoms with Crippen LogP contribution in [0.3, 0.4) is 0 Å². The third-order valence-electron chi connectivity index (χ3n) is 8.23. The number of aromatic nitrogens is 1. The van der Waals surface area contributed by atoms with E-state index < -0.39 is 11.8 Å². The number of fused-ring (bicyclic) bond motifs is 15. The zero-order valence-corrected chi connectivity index (χ0v) is 22.5. The van der Waals surface area contributed by atoms with Crippen LogP contribution in [0.15, 0.2) is 124 Å². The number of benzene rings is 3. The summed E-state index contributed by atoms with van der Waals surface area (Å²) in [7, 11) is 0. The van der Waals surface area contributed by atoms with Crippen LogP contribution in [0.25, 0.3) is 10.8 Å². The monoisotopic (exact) mass is 536 g/mol. The molecule has 5 N–H and O–H groups in total. The lowest BCUT2D eigenvalue weighted by Crippen LogP contribution is -2.41. The predicted molar refractivity (Wildman–Crippen MR) is 167 cm³/mol. The maximum atomic E-state index is 5.23. The van der Waals surface area contributed by atoms with Crippen LogP contribution >= 0.6 is 0 Å². The summed E-state index contributed by atoms with van der Waals surface area (Å²) >= 11 is 0. The summed E-state index contributed by atoms with van der Waals surface area (Å²) < 4.78 is 0. The van der Waals surface area contributed by atoms with Crippen molar-refractivity contribution in [3.05, 3.63) is 132 Å². The molecule has 0 saturated carbocycles. The lowest BCUT2D eigenvalue weighted by molar-refractivity contribution is 0.470. The van der Waals surface area contributed by atoms with Crippen LogP contribution in [0.1, 0.15) is 35.3 Å². The smallest absolute Gasteiger partial charge is 0.170 e. The van der Waals surface area contributed by atoms with Crippen LogP contribution < -0.4 is 21.3 Å². The fourth-order valence-electron chi connectivity index (χ4n) is 6.30. The van der Waals surface area contributed by atoms with Gasteiger partial charge in [-0.05, 0) is 6.92 Å². The Morgan fingerprint density at radius 2 is 1.46 bits per heavy atom. The average molecular weight is 537 g/mol. The lowest BCUT2D eigenvalue weighted by Gasteiger charge is -2.25. The van der Waals surface area contributed by atoms with Crippen molar-refractivity contribution in [2.75, 3.05) is 10.6 Å². The SMILES string of the molecule is C=CC1=C(C=C)C2NC1=NC1N=C(NC3(C)N=C(Nc4[nH]c(c5ccccc45)N2)c2ccccc23)c2ccccc21. The van der Waals surface area contributed by atoms with E-state index in [1.54, 1.807) is 0 Å². The summed E-state index contributed by atoms with van der Waals surface area (Å²) in [6, 6.07) is 24.8. The second kappa shape index (κ2) is 8.56. The molecule has 0 saturated heterocycles. The Morgan fingerprint density at radius 3 is 2.27 bits per heavy atom. The Bertz CT molecular complexity index is 1920. The molecule has 5 heterocycles. The highest BCUT2D eigenvalue weighted by atomic mass is 15.3. The largest absolute Gasteiger partial charge is 0.347 e. The number of H-pyrrole nitrogens is 1. The van der Waals surface area contributed by atoms with Gasteiger partial charge in [-0.3, -0.25) is 0 Å². The first-order valence-electron chi connectivity index (χ1n) is 13.7. The molecule has 8 heteroatoms. The molecule has 8 bridgehead atoms. The Hall–Kier alpha value is -5.37. The molecule has 3 atom stereocenters. The van der Waals surface area contributed by atoms with E-state index in [2.05, 4.69) is 82.7 Å². The maximum Gasteiger partial charge on any atom is 0.170 e. The van der Waals surface area contributed by atoms with Crippen molar-refractivity contribution >= 4 is 39.9 Å². The van der Waals surface area contributed by atoms with Gasteiger partial charge >= 0.3 is 0 Å². The Kier molecular flexibility index (Phi) is 4.91. The van der Waals surface area contributed by atoms with Crippen molar-refractivity contribution < 1.29 is 0 Å². The van der Waals surface area contributed by atoms with Gasteiger partial charge in [-0.15, -0.1) is 0 Å². The van der Waals surface area contributed by atoms with E-state index in [1.165, 1.54) is 0 Å². The van der Waals surface area contributed by atoms with Crippen LogP contribution in [-0.2, 0) is 5.66 Å². The number of hydrogen-bond donors (Lipinski definition) is 5. The highest BCUT2D eigenvalue weighted by Crippen LogP contribution is 2.39. The fourth-order valence-corrected chi connectivity index (χ4v) is 6.30. The van der Waals surface area contributed by atoms with Crippen LogP contribution in [0.2, 0.25) is 0 Å². The summed E-state index contributed by atoms with van der Waals surface area (Å²) in [5, 5.41) is 16.7. The van der Waals surface area contributed by atoms with E-state index >= 15 is 0 Å². The Labute approximate surface area is 237 Å². The van der Waals surface area contributed by atoms with Gasteiger partial charge in [0.15, 0.2) is 11.8 Å². The molecule has 3 aromatic carbocycles. The molecule has 0 spiro atoms. The van der Waals surface area contributed by atoms with Gasteiger partial charge in [0, 0.05) is 44.2 Å². The van der Waals surface area contributed by atoms with E-state index in [-0.39, 0.29) is 6.17 Å². The van der Waals surface area contributed by atoms with Crippen LogP contribution in [0.5, 0.6) is 0 Å². The first kappa shape index (κ1) is 23.5. The molecule has 0 aliphatic carbocycles. The molecule has 0 radical (unpaired) electrons. The van der Waals surface area contributed by atoms with E-state index in [9.17, 15) is 0 Å². The van der Waals surface area contributed by atoms with Gasteiger partial charge in [0.25, 0.3) is 0 Å². The summed E-state index contributed by atoms with van der Waals surface area (Å²) in [6.07, 6.45) is 2.98. The topological polar surface area (TPSA) is 101 Å². The number of anilines is 2. The molecular weight excluding hydrogens is 508 g/mol. The highest BCUT2D eigenvalue weighted by molar-refractivity contribution is 6.16. The van der Waals surface area contributed by atoms with Crippen molar-refractivity contribution in [1.82, 2.24) is 15.6 Å². The molecular formula is C33H28N8. The standard InChI is InChI=1S/C33H28N8/c1-4-18-19(5-2)27-34-26(18)35-28-20-12-6-7-13-21(20)29(37-28)39-32-24-16-10-11-17-25(24)33(3,41-32)40-31-23-15-9-8-14-22(23)30(36-27)38-31/h4-17,26,30,35,37H,1-2H2,3H3,(H,34,36)(H,38,40)(H,39,41). The maximum absolute atomic E-state index is 5.23. The molecule has 200 valence electrons. The Balaban J connectivity index is 1.36. The lowest BCUT2D eigenvalue weighted by atomic mass is 9.98. The van der Waals surface area contributed by atoms with Gasteiger partial charge < -0.3 is 26.3 Å². The molecule has 0 amide bonds. The van der Waals surface area contributed by atoms with E-state index in [1.807, 2.05) is 48.6 Å². The molecule has 8 nitrogen and oxygen atoms in total. The number of hydrogen-bond acceptors (Lipinski definition) is 7. The third-order valence-corrected chi connectivity index (χ3v) is 8.23. The zero-order valence-electron chi connectivity index (χ0n) is 22.5.